The quantitative estimate of drug-likeness (QED) is 0.739. The lowest BCUT2D eigenvalue weighted by atomic mass is 10.0. The number of hydrogen-bond donors (Lipinski definition) is 1. The van der Waals surface area contributed by atoms with E-state index in [-0.39, 0.29) is 6.03 Å². The standard InChI is InChI=1S/C22H28N6O/c1-16-25-19-8-4-5-9-20(19)28(16)18-10-13-27(14-11-18)22(29)24-15-17-7-6-12-23-21(17)26(2)3/h4-9,12,18H,10-11,13-15H2,1-3H3,(H,24,29). The van der Waals surface area contributed by atoms with E-state index >= 15 is 0 Å². The van der Waals surface area contributed by atoms with Crippen molar-refractivity contribution in [3.8, 4) is 0 Å². The van der Waals surface area contributed by atoms with Crippen molar-refractivity contribution in [2.24, 2.45) is 0 Å². The van der Waals surface area contributed by atoms with Crippen molar-refractivity contribution in [3.05, 3.63) is 54.0 Å². The SMILES string of the molecule is Cc1nc2ccccc2n1C1CCN(C(=O)NCc2cccnc2N(C)C)CC1. The zero-order valence-electron chi connectivity index (χ0n) is 17.3. The van der Waals surface area contributed by atoms with Gasteiger partial charge in [0.15, 0.2) is 0 Å². The van der Waals surface area contributed by atoms with Gasteiger partial charge in [0.05, 0.1) is 11.0 Å². The predicted molar refractivity (Wildman–Crippen MR) is 115 cm³/mol. The number of hydrogen-bond acceptors (Lipinski definition) is 4. The van der Waals surface area contributed by atoms with Crippen LogP contribution in [0, 0.1) is 6.92 Å². The number of aryl methyl sites for hydroxylation is 1. The van der Waals surface area contributed by atoms with Gasteiger partial charge in [-0.2, -0.15) is 0 Å². The average molecular weight is 393 g/mol. The molecule has 0 radical (unpaired) electrons. The maximum atomic E-state index is 12.7. The van der Waals surface area contributed by atoms with Crippen LogP contribution in [-0.2, 0) is 6.54 Å². The lowest BCUT2D eigenvalue weighted by Crippen LogP contribution is -2.44. The largest absolute Gasteiger partial charge is 0.362 e. The van der Waals surface area contributed by atoms with E-state index in [4.69, 9.17) is 0 Å². The fraction of sp³-hybridized carbons (Fsp3) is 0.409. The fourth-order valence-electron chi connectivity index (χ4n) is 4.21. The number of rotatable bonds is 4. The van der Waals surface area contributed by atoms with Crippen molar-refractivity contribution in [3.63, 3.8) is 0 Å². The van der Waals surface area contributed by atoms with Crippen LogP contribution in [0.4, 0.5) is 10.6 Å². The molecule has 0 saturated carbocycles. The van der Waals surface area contributed by atoms with Gasteiger partial charge in [0.1, 0.15) is 11.6 Å². The fourth-order valence-corrected chi connectivity index (χ4v) is 4.21. The third kappa shape index (κ3) is 3.90. The Kier molecular flexibility index (Phi) is 5.38. The molecule has 1 aromatic carbocycles. The molecule has 0 aliphatic carbocycles. The average Bonchev–Trinajstić information content (AvgIpc) is 3.08. The van der Waals surface area contributed by atoms with Crippen LogP contribution in [0.5, 0.6) is 0 Å². The van der Waals surface area contributed by atoms with Crippen LogP contribution < -0.4 is 10.2 Å². The number of carbonyl (C=O) groups is 1. The summed E-state index contributed by atoms with van der Waals surface area (Å²) >= 11 is 0. The van der Waals surface area contributed by atoms with Crippen LogP contribution in [0.25, 0.3) is 11.0 Å². The second-order valence-electron chi connectivity index (χ2n) is 7.78. The van der Waals surface area contributed by atoms with Gasteiger partial charge >= 0.3 is 6.03 Å². The van der Waals surface area contributed by atoms with Crippen molar-refractivity contribution in [1.29, 1.82) is 0 Å². The molecular formula is C22H28N6O. The van der Waals surface area contributed by atoms with E-state index in [1.807, 2.05) is 42.1 Å². The zero-order chi connectivity index (χ0) is 20.4. The van der Waals surface area contributed by atoms with Crippen LogP contribution in [0.2, 0.25) is 0 Å². The van der Waals surface area contributed by atoms with Crippen LogP contribution in [0.1, 0.15) is 30.3 Å². The van der Waals surface area contributed by atoms with E-state index in [0.717, 1.165) is 48.7 Å². The van der Waals surface area contributed by atoms with Crippen LogP contribution in [0.15, 0.2) is 42.6 Å². The summed E-state index contributed by atoms with van der Waals surface area (Å²) in [4.78, 5) is 25.6. The van der Waals surface area contributed by atoms with E-state index in [1.54, 1.807) is 6.20 Å². The van der Waals surface area contributed by atoms with Gasteiger partial charge in [-0.15, -0.1) is 0 Å². The third-order valence-corrected chi connectivity index (χ3v) is 5.61. The first-order valence-electron chi connectivity index (χ1n) is 10.1. The maximum Gasteiger partial charge on any atom is 0.317 e. The Balaban J connectivity index is 1.37. The van der Waals surface area contributed by atoms with E-state index in [9.17, 15) is 4.79 Å². The van der Waals surface area contributed by atoms with Crippen LogP contribution >= 0.6 is 0 Å². The van der Waals surface area contributed by atoms with E-state index in [1.165, 1.54) is 5.52 Å². The summed E-state index contributed by atoms with van der Waals surface area (Å²) in [6.45, 7) is 4.03. The number of nitrogens with one attached hydrogen (secondary N) is 1. The molecule has 3 heterocycles. The molecule has 7 heteroatoms. The number of anilines is 1. The Morgan fingerprint density at radius 1 is 1.17 bits per heavy atom. The molecule has 1 aliphatic rings. The normalized spacial score (nSPS) is 14.9. The number of piperidine rings is 1. The highest BCUT2D eigenvalue weighted by Crippen LogP contribution is 2.28. The first-order chi connectivity index (χ1) is 14.0. The highest BCUT2D eigenvalue weighted by Gasteiger charge is 2.26. The second kappa shape index (κ2) is 8.11. The van der Waals surface area contributed by atoms with Gasteiger partial charge in [0.25, 0.3) is 0 Å². The van der Waals surface area contributed by atoms with Crippen molar-refractivity contribution in [2.45, 2.75) is 32.4 Å². The summed E-state index contributed by atoms with van der Waals surface area (Å²) in [5.41, 5.74) is 3.24. The summed E-state index contributed by atoms with van der Waals surface area (Å²) < 4.78 is 2.34. The number of urea groups is 1. The van der Waals surface area contributed by atoms with Crippen LogP contribution in [-0.4, -0.2) is 52.7 Å². The molecule has 7 nitrogen and oxygen atoms in total. The van der Waals surface area contributed by atoms with Crippen LogP contribution in [0.3, 0.4) is 0 Å². The molecule has 1 aliphatic heterocycles. The molecule has 0 spiro atoms. The molecule has 4 rings (SSSR count). The Bertz CT molecular complexity index is 1000. The minimum absolute atomic E-state index is 0.00998. The lowest BCUT2D eigenvalue weighted by Gasteiger charge is -2.33. The topological polar surface area (TPSA) is 66.3 Å². The maximum absolute atomic E-state index is 12.7. The molecule has 0 bridgehead atoms. The Hall–Kier alpha value is -3.09. The van der Waals surface area contributed by atoms with Crippen molar-refractivity contribution in [2.75, 3.05) is 32.1 Å². The van der Waals surface area contributed by atoms with Gasteiger partial charge in [0, 0.05) is 51.5 Å². The number of pyridine rings is 1. The number of amides is 2. The van der Waals surface area contributed by atoms with Gasteiger partial charge < -0.3 is 19.7 Å². The van der Waals surface area contributed by atoms with E-state index < -0.39 is 0 Å². The third-order valence-electron chi connectivity index (χ3n) is 5.61. The summed E-state index contributed by atoms with van der Waals surface area (Å²) in [5, 5.41) is 3.06. The number of aromatic nitrogens is 3. The molecule has 0 unspecified atom stereocenters. The summed E-state index contributed by atoms with van der Waals surface area (Å²) in [6.07, 6.45) is 3.64. The molecule has 0 atom stereocenters. The molecule has 1 saturated heterocycles. The molecule has 152 valence electrons. The Morgan fingerprint density at radius 2 is 1.93 bits per heavy atom. The Morgan fingerprint density at radius 3 is 2.69 bits per heavy atom. The highest BCUT2D eigenvalue weighted by atomic mass is 16.2. The predicted octanol–water partition coefficient (Wildman–Crippen LogP) is 3.35. The molecule has 1 fully saturated rings. The molecule has 3 aromatic rings. The minimum Gasteiger partial charge on any atom is -0.362 e. The van der Waals surface area contributed by atoms with Gasteiger partial charge in [-0.1, -0.05) is 18.2 Å². The van der Waals surface area contributed by atoms with Gasteiger partial charge in [-0.05, 0) is 38.0 Å². The van der Waals surface area contributed by atoms with Crippen molar-refractivity contribution >= 4 is 22.9 Å². The summed E-state index contributed by atoms with van der Waals surface area (Å²) in [6, 6.07) is 12.5. The number of likely N-dealkylation sites (tertiary alicyclic amines) is 1. The lowest BCUT2D eigenvalue weighted by molar-refractivity contribution is 0.171. The number of benzene rings is 1. The van der Waals surface area contributed by atoms with E-state index in [0.29, 0.717) is 12.6 Å². The van der Waals surface area contributed by atoms with Gasteiger partial charge in [-0.25, -0.2) is 14.8 Å². The monoisotopic (exact) mass is 392 g/mol. The first-order valence-corrected chi connectivity index (χ1v) is 10.1. The zero-order valence-corrected chi connectivity index (χ0v) is 17.3. The summed E-state index contributed by atoms with van der Waals surface area (Å²) in [7, 11) is 3.92. The van der Waals surface area contributed by atoms with Crippen molar-refractivity contribution < 1.29 is 4.79 Å². The van der Waals surface area contributed by atoms with Gasteiger partial charge in [-0.3, -0.25) is 0 Å². The van der Waals surface area contributed by atoms with Gasteiger partial charge in [0.2, 0.25) is 0 Å². The Labute approximate surface area is 171 Å². The smallest absolute Gasteiger partial charge is 0.317 e. The van der Waals surface area contributed by atoms with E-state index in [2.05, 4.69) is 45.0 Å². The number of para-hydroxylation sites is 2. The molecule has 1 N–H and O–H groups in total. The number of fused-ring (bicyclic) bond motifs is 1. The second-order valence-corrected chi connectivity index (χ2v) is 7.78. The number of nitrogens with zero attached hydrogens (tertiary/aromatic N) is 5. The minimum atomic E-state index is -0.00998. The van der Waals surface area contributed by atoms with Crippen molar-refractivity contribution in [1.82, 2.24) is 24.8 Å². The molecule has 29 heavy (non-hydrogen) atoms. The number of imidazole rings is 1. The molecule has 2 amide bonds. The molecular weight excluding hydrogens is 364 g/mol. The summed E-state index contributed by atoms with van der Waals surface area (Å²) in [5.74, 6) is 1.93. The first kappa shape index (κ1) is 19.2. The highest BCUT2D eigenvalue weighted by molar-refractivity contribution is 5.76. The molecule has 2 aromatic heterocycles. The number of carbonyl (C=O) groups excluding carboxylic acids is 1.